The van der Waals surface area contributed by atoms with Crippen molar-refractivity contribution in [2.24, 2.45) is 5.41 Å². The fourth-order valence-corrected chi connectivity index (χ4v) is 5.06. The largest absolute Gasteiger partial charge is 0.497 e. The molecule has 1 spiro atoms. The van der Waals surface area contributed by atoms with Crippen LogP contribution in [-0.2, 0) is 11.2 Å². The minimum absolute atomic E-state index is 0.166. The molecule has 6 nitrogen and oxygen atoms in total. The fourth-order valence-electron chi connectivity index (χ4n) is 5.06. The average Bonchev–Trinajstić information content (AvgIpc) is 3.47. The number of nitrogens with zero attached hydrogens (tertiary/aromatic N) is 3. The Kier molecular flexibility index (Phi) is 5.61. The van der Waals surface area contributed by atoms with Crippen molar-refractivity contribution < 1.29 is 9.53 Å². The highest BCUT2D eigenvalue weighted by molar-refractivity contribution is 5.77. The Morgan fingerprint density at radius 2 is 2.14 bits per heavy atom. The van der Waals surface area contributed by atoms with Crippen LogP contribution in [0.4, 0.5) is 0 Å². The predicted molar refractivity (Wildman–Crippen MR) is 112 cm³/mol. The van der Waals surface area contributed by atoms with E-state index in [4.69, 9.17) is 9.72 Å². The van der Waals surface area contributed by atoms with E-state index in [0.29, 0.717) is 12.3 Å². The molecule has 1 aromatic carbocycles. The number of hydrogen-bond acceptors (Lipinski definition) is 4. The summed E-state index contributed by atoms with van der Waals surface area (Å²) in [6, 6.07) is 7.99. The second kappa shape index (κ2) is 8.17. The van der Waals surface area contributed by atoms with E-state index in [1.807, 2.05) is 18.2 Å². The summed E-state index contributed by atoms with van der Waals surface area (Å²) in [5.41, 5.74) is 1.31. The number of H-pyrrole nitrogens is 1. The highest BCUT2D eigenvalue weighted by Gasteiger charge is 2.51. The normalized spacial score (nSPS) is 20.7. The molecule has 6 heteroatoms. The maximum Gasteiger partial charge on any atom is 0.222 e. The summed E-state index contributed by atoms with van der Waals surface area (Å²) >= 11 is 0. The molecular formula is C23H32N4O2. The molecule has 2 aromatic rings. The molecule has 1 N–H and O–H groups in total. The number of rotatable bonds is 6. The van der Waals surface area contributed by atoms with E-state index >= 15 is 0 Å². The number of hydrogen-bond donors (Lipinski definition) is 1. The van der Waals surface area contributed by atoms with Crippen LogP contribution in [0.5, 0.6) is 5.75 Å². The van der Waals surface area contributed by atoms with Crippen LogP contribution < -0.4 is 4.74 Å². The van der Waals surface area contributed by atoms with Gasteiger partial charge in [-0.1, -0.05) is 38.8 Å². The van der Waals surface area contributed by atoms with Crippen molar-refractivity contribution in [2.45, 2.75) is 64.2 Å². The highest BCUT2D eigenvalue weighted by atomic mass is 16.5. The second-order valence-corrected chi connectivity index (χ2v) is 8.98. The predicted octanol–water partition coefficient (Wildman–Crippen LogP) is 4.06. The van der Waals surface area contributed by atoms with Crippen molar-refractivity contribution in [1.29, 1.82) is 0 Å². The van der Waals surface area contributed by atoms with Gasteiger partial charge in [0.05, 0.1) is 7.11 Å². The molecule has 1 unspecified atom stereocenters. The van der Waals surface area contributed by atoms with Crippen LogP contribution >= 0.6 is 0 Å². The lowest BCUT2D eigenvalue weighted by Gasteiger charge is -2.28. The number of aromatic amines is 1. The fraction of sp³-hybridized carbons (Fsp3) is 0.609. The highest BCUT2D eigenvalue weighted by Crippen LogP contribution is 2.52. The Balaban J connectivity index is 1.46. The Labute approximate surface area is 173 Å². The smallest absolute Gasteiger partial charge is 0.222 e. The van der Waals surface area contributed by atoms with Crippen LogP contribution in [0.25, 0.3) is 0 Å². The van der Waals surface area contributed by atoms with Gasteiger partial charge in [0, 0.05) is 31.3 Å². The second-order valence-electron chi connectivity index (χ2n) is 8.98. The van der Waals surface area contributed by atoms with E-state index in [9.17, 15) is 4.79 Å². The lowest BCUT2D eigenvalue weighted by molar-refractivity contribution is -0.130. The average molecular weight is 397 g/mol. The molecular weight excluding hydrogens is 364 g/mol. The molecule has 2 aliphatic rings. The molecule has 1 atom stereocenters. The molecule has 2 heterocycles. The zero-order valence-corrected chi connectivity index (χ0v) is 17.8. The van der Waals surface area contributed by atoms with Gasteiger partial charge in [0.1, 0.15) is 11.6 Å². The van der Waals surface area contributed by atoms with Gasteiger partial charge in [0.15, 0.2) is 5.82 Å². The van der Waals surface area contributed by atoms with E-state index in [2.05, 4.69) is 35.0 Å². The maximum atomic E-state index is 13.1. The minimum Gasteiger partial charge on any atom is -0.497 e. The van der Waals surface area contributed by atoms with E-state index < -0.39 is 0 Å². The Morgan fingerprint density at radius 3 is 2.83 bits per heavy atom. The molecule has 156 valence electrons. The molecule has 4 rings (SSSR count). The van der Waals surface area contributed by atoms with Gasteiger partial charge in [-0.25, -0.2) is 4.98 Å². The summed E-state index contributed by atoms with van der Waals surface area (Å²) < 4.78 is 5.29. The van der Waals surface area contributed by atoms with E-state index in [1.54, 1.807) is 7.11 Å². The first-order valence-electron chi connectivity index (χ1n) is 10.8. The first-order valence-corrected chi connectivity index (χ1v) is 10.8. The van der Waals surface area contributed by atoms with Crippen molar-refractivity contribution >= 4 is 5.91 Å². The number of benzene rings is 1. The molecule has 1 aliphatic carbocycles. The summed E-state index contributed by atoms with van der Waals surface area (Å²) in [4.78, 5) is 19.9. The number of likely N-dealkylation sites (tertiary alicyclic amines) is 1. The summed E-state index contributed by atoms with van der Waals surface area (Å²) in [7, 11) is 1.67. The SMILES string of the molecule is COc1cccc(CCC(=O)N2CC(c3nc(C(C)C)n[nH]3)C3(CCCC3)C2)c1. The molecule has 1 saturated heterocycles. The van der Waals surface area contributed by atoms with Gasteiger partial charge >= 0.3 is 0 Å². The van der Waals surface area contributed by atoms with Crippen molar-refractivity contribution in [3.05, 3.63) is 41.5 Å². The van der Waals surface area contributed by atoms with Crippen LogP contribution in [0.1, 0.15) is 75.0 Å². The molecule has 0 bridgehead atoms. The Bertz CT molecular complexity index is 854. The van der Waals surface area contributed by atoms with Gasteiger partial charge in [-0.15, -0.1) is 0 Å². The van der Waals surface area contributed by atoms with Gasteiger partial charge in [-0.2, -0.15) is 5.10 Å². The molecule has 1 saturated carbocycles. The van der Waals surface area contributed by atoms with E-state index in [-0.39, 0.29) is 17.2 Å². The number of methoxy groups -OCH3 is 1. The van der Waals surface area contributed by atoms with Crippen LogP contribution in [0.15, 0.2) is 24.3 Å². The van der Waals surface area contributed by atoms with E-state index in [1.165, 1.54) is 25.7 Å². The number of nitrogens with one attached hydrogen (secondary N) is 1. The van der Waals surface area contributed by atoms with E-state index in [0.717, 1.165) is 42.5 Å². The van der Waals surface area contributed by atoms with Crippen molar-refractivity contribution in [3.63, 3.8) is 0 Å². The van der Waals surface area contributed by atoms with Gasteiger partial charge in [-0.3, -0.25) is 9.89 Å². The monoisotopic (exact) mass is 396 g/mol. The first kappa shape index (κ1) is 19.9. The Hall–Kier alpha value is -2.37. The van der Waals surface area contributed by atoms with Crippen molar-refractivity contribution in [1.82, 2.24) is 20.1 Å². The lowest BCUT2D eigenvalue weighted by atomic mass is 9.76. The lowest BCUT2D eigenvalue weighted by Crippen LogP contribution is -2.31. The topological polar surface area (TPSA) is 71.1 Å². The van der Waals surface area contributed by atoms with Gasteiger partial charge in [-0.05, 0) is 42.4 Å². The van der Waals surface area contributed by atoms with Gasteiger partial charge in [0.2, 0.25) is 5.91 Å². The number of carbonyl (C=O) groups is 1. The number of carbonyl (C=O) groups excluding carboxylic acids is 1. The Morgan fingerprint density at radius 1 is 1.34 bits per heavy atom. The third-order valence-corrected chi connectivity index (χ3v) is 6.73. The number of aromatic nitrogens is 3. The van der Waals surface area contributed by atoms with Crippen LogP contribution in [-0.4, -0.2) is 46.2 Å². The standard InChI is InChI=1S/C23H32N4O2/c1-16(2)21-24-22(26-25-21)19-14-27(15-23(19)11-4-5-12-23)20(28)10-9-17-7-6-8-18(13-17)29-3/h6-8,13,16,19H,4-5,9-12,14-15H2,1-3H3,(H,24,25,26). The zero-order valence-electron chi connectivity index (χ0n) is 17.8. The van der Waals surface area contributed by atoms with Crippen molar-refractivity contribution in [2.75, 3.05) is 20.2 Å². The third-order valence-electron chi connectivity index (χ3n) is 6.73. The molecule has 0 radical (unpaired) electrons. The summed E-state index contributed by atoms with van der Waals surface area (Å²) in [5.74, 6) is 3.50. The number of amides is 1. The number of aryl methyl sites for hydroxylation is 1. The molecule has 2 fully saturated rings. The quantitative estimate of drug-likeness (QED) is 0.799. The van der Waals surface area contributed by atoms with Crippen LogP contribution in [0, 0.1) is 5.41 Å². The molecule has 29 heavy (non-hydrogen) atoms. The summed E-state index contributed by atoms with van der Waals surface area (Å²) in [5, 5.41) is 7.62. The molecule has 1 aliphatic heterocycles. The third kappa shape index (κ3) is 4.02. The summed E-state index contributed by atoms with van der Waals surface area (Å²) in [6.45, 7) is 5.83. The van der Waals surface area contributed by atoms with Crippen LogP contribution in [0.3, 0.4) is 0 Å². The minimum atomic E-state index is 0.166. The van der Waals surface area contributed by atoms with Gasteiger partial charge < -0.3 is 9.64 Å². The maximum absolute atomic E-state index is 13.1. The molecule has 1 amide bonds. The molecule has 1 aromatic heterocycles. The van der Waals surface area contributed by atoms with Crippen molar-refractivity contribution in [3.8, 4) is 5.75 Å². The van der Waals surface area contributed by atoms with Gasteiger partial charge in [0.25, 0.3) is 0 Å². The first-order chi connectivity index (χ1) is 14.0. The van der Waals surface area contributed by atoms with Crippen LogP contribution in [0.2, 0.25) is 0 Å². The zero-order chi connectivity index (χ0) is 20.4. The number of ether oxygens (including phenoxy) is 1. The summed E-state index contributed by atoms with van der Waals surface area (Å²) in [6.07, 6.45) is 6.11.